The van der Waals surface area contributed by atoms with Gasteiger partial charge < -0.3 is 164 Å². The fourth-order valence-corrected chi connectivity index (χ4v) is 16.0. The van der Waals surface area contributed by atoms with Crippen molar-refractivity contribution in [3.63, 3.8) is 0 Å². The van der Waals surface area contributed by atoms with Gasteiger partial charge in [0.2, 0.25) is 130 Å². The minimum Gasteiger partial charge on any atom is -0.508 e. The number of carboxylic acid groups (broad SMARTS) is 1. The third-order valence-electron chi connectivity index (χ3n) is 24.0. The van der Waals surface area contributed by atoms with E-state index in [0.29, 0.717) is 27.7 Å². The van der Waals surface area contributed by atoms with E-state index < -0.39 is 327 Å². The smallest absolute Gasteiger partial charge is 0.305 e. The molecule has 22 amide bonds. The lowest BCUT2D eigenvalue weighted by atomic mass is 10.00. The predicted octanol–water partition coefficient (Wildman–Crippen LogP) is -12.6. The van der Waals surface area contributed by atoms with Crippen LogP contribution in [0, 0.1) is 17.2 Å². The lowest BCUT2D eigenvalue weighted by Crippen LogP contribution is -2.63. The summed E-state index contributed by atoms with van der Waals surface area (Å²) in [6, 6.07) is -13.6. The normalized spacial score (nSPS) is 20.7. The van der Waals surface area contributed by atoms with Gasteiger partial charge in [0.15, 0.2) is 5.96 Å². The number of H-pyrrole nitrogens is 2. The van der Waals surface area contributed by atoms with Crippen LogP contribution in [0.5, 0.6) is 5.75 Å². The molecule has 3 aliphatic rings. The van der Waals surface area contributed by atoms with Gasteiger partial charge in [-0.05, 0) is 114 Å². The number of likely N-dealkylation sites (tertiary alicyclic amines) is 1. The van der Waals surface area contributed by atoms with E-state index in [2.05, 4.69) is 121 Å². The van der Waals surface area contributed by atoms with Gasteiger partial charge in [-0.15, -0.1) is 0 Å². The number of carbonyl (C=O) groups is 23. The largest absolute Gasteiger partial charge is 0.508 e. The monoisotopic (exact) mass is 2080 g/mol. The van der Waals surface area contributed by atoms with Gasteiger partial charge in [-0.3, -0.25) is 121 Å². The summed E-state index contributed by atoms with van der Waals surface area (Å²) in [6.07, 6.45) is -4.59. The second-order valence-corrected chi connectivity index (χ2v) is 36.6. The number of para-hydroxylation sites is 1. The maximum Gasteiger partial charge on any atom is 0.305 e. The number of amides is 22. The summed E-state index contributed by atoms with van der Waals surface area (Å²) in [5.41, 5.74) is 17.9. The van der Waals surface area contributed by atoms with Crippen LogP contribution in [0.4, 0.5) is 0 Å². The Morgan fingerprint density at radius 2 is 1.16 bits per heavy atom. The fraction of sp³-hybridized carbons (Fsp3) is 0.549. The van der Waals surface area contributed by atoms with Crippen molar-refractivity contribution >= 4 is 153 Å². The number of phenolic OH excluding ortho intramolecular Hbond substituents is 1. The summed E-state index contributed by atoms with van der Waals surface area (Å²) in [6.45, 7) is 6.83. The summed E-state index contributed by atoms with van der Waals surface area (Å²) in [7, 11) is 0. The maximum atomic E-state index is 15.1. The van der Waals surface area contributed by atoms with Crippen molar-refractivity contribution in [2.24, 2.45) is 29.0 Å². The van der Waals surface area contributed by atoms with Crippen LogP contribution in [-0.2, 0) is 130 Å². The van der Waals surface area contributed by atoms with E-state index in [9.17, 15) is 131 Å². The van der Waals surface area contributed by atoms with Crippen molar-refractivity contribution in [1.29, 1.82) is 5.41 Å². The molecule has 810 valence electrons. The van der Waals surface area contributed by atoms with E-state index >= 15 is 4.79 Å². The molecule has 0 saturated carbocycles. The van der Waals surface area contributed by atoms with Crippen LogP contribution in [0.2, 0.25) is 0 Å². The number of aromatic nitrogens is 3. The highest BCUT2D eigenvalue weighted by molar-refractivity contribution is 6.03. The zero-order valence-electron chi connectivity index (χ0n) is 82.8. The number of aromatic hydroxyl groups is 1. The topological polar surface area (TPSA) is 887 Å². The minimum absolute atomic E-state index is 0.00817. The van der Waals surface area contributed by atoms with E-state index in [0.717, 1.165) is 23.6 Å². The summed E-state index contributed by atoms with van der Waals surface area (Å²) in [4.78, 5) is 330. The molecule has 4 aromatic rings. The first-order chi connectivity index (χ1) is 69.8. The summed E-state index contributed by atoms with van der Waals surface area (Å²) in [5.74, 6) is -27.3. The second-order valence-electron chi connectivity index (χ2n) is 36.6. The second kappa shape index (κ2) is 57.0. The highest BCUT2D eigenvalue weighted by atomic mass is 16.4. The average molecular weight is 2080 g/mol. The number of carboxylic acids is 1. The number of carbonyl (C=O) groups excluding carboxylic acids is 22. The summed E-state index contributed by atoms with van der Waals surface area (Å²) in [5, 5.41) is 108. The molecular weight excluding hydrogens is 1950 g/mol. The van der Waals surface area contributed by atoms with Crippen molar-refractivity contribution in [2.75, 3.05) is 52.4 Å². The number of nitrogens with zero attached hydrogens (tertiary/aromatic N) is 3. The Bertz CT molecular complexity index is 5470. The molecule has 3 fully saturated rings. The highest BCUT2D eigenvalue weighted by Crippen LogP contribution is 2.24. The third kappa shape index (κ3) is 36.9. The van der Waals surface area contributed by atoms with E-state index in [1.807, 2.05) is 0 Å². The molecular formula is C91H133N29O28. The standard InChI is InChI=1S/C91H133N29O28/c1-41(2)71(114-64-32-65(126)99-35-66(127)108-58(30-63(92)125)81(139)110-56(28-49-33-98-53-16-11-10-15-52(49)53)80(138)111-57(29-50-34-96-40-103-50)78(136)101-38-69(130)116-74(47(9)123)88(146)106-45(7)89(147)119-25-13-19-62(119)84(142)115-64)86(144)112-55(27-48-20-22-51(124)23-21-48)79(137)105-44(6)76(134)117-72(42(3)4)87(145)118-73(46(8)122)85(143)102-37-67(128)107-54(17-12-24-97-91(94)95)77(135)100-36-68(129)109-59(31-70(131)132)82(140)113-60(39-121)90(148)120-26-14-18-61(120)83(141)104-43(5)75(93)133/h10-11,15-16,20-23,33-34,40-47,54-62,64,71-74,98,114,121-124H,12-14,17-19,24-32,35-39H2,1-9H3,(H2,92,125)(H2,93,133)(H,96,103)(H,99,126)(H,100,135)(H,101,136)(H,102,143)(H,104,141)(H,105,137)(H,106,146)(H,107,128)(H,108,127)(H,109,129)(H,110,139)(H,111,138)(H,112,144)(H,113,140)(H,115,142)(H,116,130)(H,117,134)(H,118,145)(H,131,132)(H4,94,95,97)/t43-,44-,45-,46+,47+,54-,55-,56-,57+,58+,59-,60-,61+,62+,64+,71-,72-,73-,74+/m0/s1. The molecule has 3 saturated heterocycles. The number of primary amides is 2. The zero-order chi connectivity index (χ0) is 110. The number of aliphatic hydroxyl groups is 3. The van der Waals surface area contributed by atoms with Crippen LogP contribution in [0.15, 0.2) is 67.3 Å². The average Bonchev–Trinajstić information content (AvgIpc) is 1.61. The van der Waals surface area contributed by atoms with Crippen LogP contribution in [0.1, 0.15) is 137 Å². The molecule has 0 radical (unpaired) electrons. The molecule has 19 atom stereocenters. The van der Waals surface area contributed by atoms with Gasteiger partial charge >= 0.3 is 5.97 Å². The molecule has 5 heterocycles. The third-order valence-corrected chi connectivity index (χ3v) is 24.0. The number of nitrogens with two attached hydrogens (primary N) is 3. The van der Waals surface area contributed by atoms with Gasteiger partial charge in [-0.2, -0.15) is 0 Å². The Hall–Kier alpha value is -16.1. The Kier molecular flexibility index (Phi) is 45.8. The number of aliphatic carboxylic acids is 1. The number of imidazole rings is 1. The Labute approximate surface area is 847 Å². The first kappa shape index (κ1) is 119. The van der Waals surface area contributed by atoms with Crippen molar-refractivity contribution in [2.45, 2.75) is 254 Å². The first-order valence-electron chi connectivity index (χ1n) is 47.7. The Balaban J connectivity index is 1.05. The van der Waals surface area contributed by atoms with Crippen molar-refractivity contribution < 1.29 is 136 Å². The Morgan fingerprint density at radius 3 is 1.78 bits per heavy atom. The molecule has 2 aromatic carbocycles. The molecule has 0 unspecified atom stereocenters. The molecule has 3 aliphatic heterocycles. The van der Waals surface area contributed by atoms with Crippen molar-refractivity contribution in [1.82, 2.24) is 131 Å². The van der Waals surface area contributed by atoms with E-state index in [1.165, 1.54) is 85.3 Å². The number of phenols is 1. The van der Waals surface area contributed by atoms with Crippen LogP contribution in [-0.4, -0.2) is 360 Å². The van der Waals surface area contributed by atoms with Gasteiger partial charge in [-0.1, -0.05) is 58.0 Å². The Morgan fingerprint density at radius 1 is 0.561 bits per heavy atom. The van der Waals surface area contributed by atoms with E-state index in [-0.39, 0.29) is 76.8 Å². The number of guanidine groups is 1. The van der Waals surface area contributed by atoms with Crippen LogP contribution in [0.3, 0.4) is 0 Å². The van der Waals surface area contributed by atoms with Crippen LogP contribution < -0.4 is 124 Å². The summed E-state index contributed by atoms with van der Waals surface area (Å²) < 4.78 is 0. The number of aliphatic hydroxyl groups excluding tert-OH is 3. The predicted molar refractivity (Wildman–Crippen MR) is 518 cm³/mol. The lowest BCUT2D eigenvalue weighted by molar-refractivity contribution is -0.144. The van der Waals surface area contributed by atoms with Gasteiger partial charge in [0, 0.05) is 67.9 Å². The van der Waals surface area contributed by atoms with Gasteiger partial charge in [0.25, 0.3) is 0 Å². The molecule has 2 aromatic heterocycles. The number of nitrogens with one attached hydrogen (secondary N) is 23. The lowest BCUT2D eigenvalue weighted by Gasteiger charge is -2.32. The van der Waals surface area contributed by atoms with E-state index in [4.69, 9.17) is 22.6 Å². The molecule has 148 heavy (non-hydrogen) atoms. The maximum absolute atomic E-state index is 15.1. The van der Waals surface area contributed by atoms with Crippen molar-refractivity contribution in [3.05, 3.63) is 84.1 Å². The number of benzene rings is 2. The number of fused-ring (bicyclic) bond motifs is 2. The number of aromatic amines is 2. The molecule has 0 spiro atoms. The van der Waals surface area contributed by atoms with Gasteiger partial charge in [-0.25, -0.2) is 4.98 Å². The van der Waals surface area contributed by atoms with Crippen molar-refractivity contribution in [3.8, 4) is 5.75 Å². The molecule has 0 aliphatic carbocycles. The van der Waals surface area contributed by atoms with Gasteiger partial charge in [0.1, 0.15) is 96.4 Å². The molecule has 57 nitrogen and oxygen atoms in total. The first-order valence-corrected chi connectivity index (χ1v) is 47.7. The molecule has 34 N–H and O–H groups in total. The van der Waals surface area contributed by atoms with Crippen LogP contribution in [0.25, 0.3) is 10.9 Å². The SMILES string of the molecule is CC(C)[C@H](NC(=O)[C@H](C)NC(=O)[C@H](Cc1ccc(O)cc1)NC(=O)[C@@H](N[C@H]1CC(=O)NCC(=O)N[C@H](CC(N)=O)C(=O)N[C@@H](Cc2c[nH]c3ccccc23)C(=O)N[C@H](Cc2cnc[nH]2)C(=O)NCC(=O)N[C@H]([C@@H](C)O)C(=O)N[C@@H](C)C(=O)N2CCC[C@@H]2C(=O)N1)C(C)C)C(=O)N[C@H](C(=O)NCC(=O)N[C@@H](CCCNC(=N)N)C(=O)NCC(=O)N[C@@H](CC(=O)O)C(=O)N[C@@H](CO)C(=O)N1CCC[C@@H]1C(=O)N[C@@H](C)C(N)=O)[C@@H](C)O. The quantitative estimate of drug-likeness (QED) is 0.0111. The van der Waals surface area contributed by atoms with Gasteiger partial charge in [0.05, 0.1) is 82.8 Å². The van der Waals surface area contributed by atoms with Crippen LogP contribution >= 0.6 is 0 Å². The fourth-order valence-electron chi connectivity index (χ4n) is 16.0. The highest BCUT2D eigenvalue weighted by Gasteiger charge is 2.44. The molecule has 57 heteroatoms. The molecule has 7 rings (SSSR count). The number of hydrogen-bond acceptors (Lipinski definition) is 30. The zero-order valence-corrected chi connectivity index (χ0v) is 82.8. The number of rotatable bonds is 43. The minimum atomic E-state index is -1.96. The summed E-state index contributed by atoms with van der Waals surface area (Å²) >= 11 is 0. The van der Waals surface area contributed by atoms with E-state index in [1.54, 1.807) is 30.5 Å². The molecule has 0 bridgehead atoms. The number of hydrogen-bond donors (Lipinski definition) is 31.